The first-order valence-corrected chi connectivity index (χ1v) is 4.46. The molecule has 4 heteroatoms. The highest BCUT2D eigenvalue weighted by Crippen LogP contribution is 2.21. The van der Waals surface area contributed by atoms with Gasteiger partial charge < -0.3 is 4.90 Å². The van der Waals surface area contributed by atoms with Crippen LogP contribution in [0.15, 0.2) is 16.7 Å². The van der Waals surface area contributed by atoms with Gasteiger partial charge >= 0.3 is 0 Å². The summed E-state index contributed by atoms with van der Waals surface area (Å²) in [5.41, 5.74) is 0. The van der Waals surface area contributed by atoms with Crippen LogP contribution in [0.1, 0.15) is 36.0 Å². The molecule has 0 bridgehead atoms. The molecule has 0 spiro atoms. The lowest BCUT2D eigenvalue weighted by atomic mass is 9.99. The standard InChI is InChI=1S/C10H14BrN3/c1-8-4-6-14(7-5-8)10-3-2-9(11)12-13-10/h2-3,8H,4-7H2,1H3/i1D3,4D2,5D2,6D2,7D2,8D. The van der Waals surface area contributed by atoms with E-state index in [1.54, 1.807) is 0 Å². The van der Waals surface area contributed by atoms with E-state index < -0.39 is 44.3 Å². The summed E-state index contributed by atoms with van der Waals surface area (Å²) >= 11 is 2.98. The fraction of sp³-hybridized carbons (Fsp3) is 0.600. The van der Waals surface area contributed by atoms with Crippen molar-refractivity contribution in [1.82, 2.24) is 10.2 Å². The Morgan fingerprint density at radius 1 is 1.57 bits per heavy atom. The van der Waals surface area contributed by atoms with Gasteiger partial charge in [-0.2, -0.15) is 0 Å². The Labute approximate surface area is 110 Å². The van der Waals surface area contributed by atoms with E-state index in [1.165, 1.54) is 6.07 Å². The van der Waals surface area contributed by atoms with E-state index in [2.05, 4.69) is 26.1 Å². The maximum atomic E-state index is 8.11. The SMILES string of the molecule is [2H]C([2H])([2H])C1([2H])C([2H])([2H])C([2H])([2H])N(c2ccc(Br)nn2)C([2H])([2H])C1([2H])[2H]. The van der Waals surface area contributed by atoms with Crippen molar-refractivity contribution in [3.05, 3.63) is 16.7 Å². The van der Waals surface area contributed by atoms with Crippen molar-refractivity contribution < 1.29 is 16.4 Å². The number of rotatable bonds is 1. The van der Waals surface area contributed by atoms with Gasteiger partial charge in [0.25, 0.3) is 0 Å². The van der Waals surface area contributed by atoms with E-state index in [4.69, 9.17) is 16.4 Å². The zero-order valence-corrected chi connectivity index (χ0v) is 8.46. The largest absolute Gasteiger partial charge is 0.355 e. The maximum absolute atomic E-state index is 8.11. The Morgan fingerprint density at radius 3 is 2.93 bits per heavy atom. The molecule has 1 fully saturated rings. The summed E-state index contributed by atoms with van der Waals surface area (Å²) in [5.74, 6) is -4.30. The van der Waals surface area contributed by atoms with Crippen LogP contribution in [0.3, 0.4) is 0 Å². The molecule has 0 aromatic carbocycles. The summed E-state index contributed by atoms with van der Waals surface area (Å²) < 4.78 is 95.3. The quantitative estimate of drug-likeness (QED) is 0.783. The van der Waals surface area contributed by atoms with Crippen molar-refractivity contribution in [1.29, 1.82) is 0 Å². The Kier molecular flexibility index (Phi) is 0.893. The van der Waals surface area contributed by atoms with Gasteiger partial charge in [-0.3, -0.25) is 0 Å². The van der Waals surface area contributed by atoms with Crippen molar-refractivity contribution in [2.75, 3.05) is 17.9 Å². The number of piperidine rings is 1. The predicted octanol–water partition coefficient (Wildman–Crippen LogP) is 2.48. The Morgan fingerprint density at radius 2 is 2.36 bits per heavy atom. The highest BCUT2D eigenvalue weighted by atomic mass is 79.9. The van der Waals surface area contributed by atoms with Crippen molar-refractivity contribution in [3.8, 4) is 0 Å². The zero-order valence-electron chi connectivity index (χ0n) is 18.9. The Hall–Kier alpha value is -0.640. The van der Waals surface area contributed by atoms with Crippen LogP contribution in [0.5, 0.6) is 0 Å². The topological polar surface area (TPSA) is 29.0 Å². The van der Waals surface area contributed by atoms with Gasteiger partial charge in [-0.15, -0.1) is 10.2 Å². The van der Waals surface area contributed by atoms with Gasteiger partial charge in [0.2, 0.25) is 0 Å². The van der Waals surface area contributed by atoms with E-state index in [9.17, 15) is 0 Å². The van der Waals surface area contributed by atoms with Gasteiger partial charge in [-0.25, -0.2) is 0 Å². The van der Waals surface area contributed by atoms with Crippen LogP contribution in [0.2, 0.25) is 0 Å². The number of nitrogens with zero attached hydrogens (tertiary/aromatic N) is 3. The minimum Gasteiger partial charge on any atom is -0.355 e. The minimum atomic E-state index is -3.75. The Bertz CT molecular complexity index is 672. The molecule has 0 N–H and O–H groups in total. The predicted molar refractivity (Wildman–Crippen MR) is 60.3 cm³/mol. The second-order valence-electron chi connectivity index (χ2n) is 2.40. The number of anilines is 1. The minimum absolute atomic E-state index is 0.0674. The molecule has 14 heavy (non-hydrogen) atoms. The summed E-state index contributed by atoms with van der Waals surface area (Å²) in [6.45, 7) is -10.6. The fourth-order valence-corrected chi connectivity index (χ4v) is 1.04. The van der Waals surface area contributed by atoms with Crippen LogP contribution in [0.25, 0.3) is 0 Å². The molecule has 0 amide bonds. The molecule has 1 aliphatic rings. The zero-order chi connectivity index (χ0) is 20.6. The molecule has 0 radical (unpaired) electrons. The first kappa shape index (κ1) is 2.94. The molecule has 2 heterocycles. The molecule has 76 valence electrons. The summed E-state index contributed by atoms with van der Waals surface area (Å²) in [6, 6.07) is 2.33. The van der Waals surface area contributed by atoms with Gasteiger partial charge in [-0.05, 0) is 46.7 Å². The fourth-order valence-electron chi connectivity index (χ4n) is 0.826. The van der Waals surface area contributed by atoms with Gasteiger partial charge in [0.1, 0.15) is 4.60 Å². The molecule has 2 rings (SSSR count). The summed E-state index contributed by atoms with van der Waals surface area (Å²) in [4.78, 5) is 0.0674. The molecular weight excluding hydrogens is 242 g/mol. The third-order valence-corrected chi connectivity index (χ3v) is 1.86. The maximum Gasteiger partial charge on any atom is 0.151 e. The van der Waals surface area contributed by atoms with Crippen LogP contribution in [0.4, 0.5) is 5.82 Å². The molecule has 1 aromatic rings. The molecular formula is C10H14BrN3. The van der Waals surface area contributed by atoms with Crippen LogP contribution in [-0.4, -0.2) is 23.2 Å². The summed E-state index contributed by atoms with van der Waals surface area (Å²) in [7, 11) is 0. The van der Waals surface area contributed by atoms with Gasteiger partial charge in [0.05, 0.1) is 0 Å². The molecule has 0 saturated carbocycles. The van der Waals surface area contributed by atoms with Crippen molar-refractivity contribution in [3.63, 3.8) is 0 Å². The van der Waals surface area contributed by atoms with Crippen molar-refractivity contribution >= 4 is 21.7 Å². The first-order chi connectivity index (χ1) is 11.4. The molecule has 0 atom stereocenters. The third kappa shape index (κ3) is 2.23. The lowest BCUT2D eigenvalue weighted by Crippen LogP contribution is -2.33. The van der Waals surface area contributed by atoms with E-state index >= 15 is 0 Å². The van der Waals surface area contributed by atoms with Crippen LogP contribution in [0, 0.1) is 5.89 Å². The monoisotopic (exact) mass is 267 g/mol. The average molecular weight is 268 g/mol. The highest BCUT2D eigenvalue weighted by Gasteiger charge is 2.16. The molecule has 0 unspecified atom stereocenters. The van der Waals surface area contributed by atoms with Gasteiger partial charge in [-0.1, -0.05) is 6.85 Å². The van der Waals surface area contributed by atoms with Crippen LogP contribution >= 0.6 is 15.9 Å². The van der Waals surface area contributed by atoms with Crippen molar-refractivity contribution in [2.24, 2.45) is 5.89 Å². The van der Waals surface area contributed by atoms with E-state index in [0.29, 0.717) is 0 Å². The molecule has 1 aromatic heterocycles. The number of halogens is 1. The second-order valence-corrected chi connectivity index (χ2v) is 3.21. The van der Waals surface area contributed by atoms with Crippen LogP contribution in [-0.2, 0) is 0 Å². The number of hydrogen-bond acceptors (Lipinski definition) is 3. The third-order valence-electron chi connectivity index (χ3n) is 1.43. The van der Waals surface area contributed by atoms with Gasteiger partial charge in [0.15, 0.2) is 5.82 Å². The summed E-state index contributed by atoms with van der Waals surface area (Å²) in [6.07, 6.45) is -7.32. The highest BCUT2D eigenvalue weighted by molar-refractivity contribution is 9.10. The summed E-state index contributed by atoms with van der Waals surface area (Å²) in [5, 5.41) is 7.10. The number of aromatic nitrogens is 2. The lowest BCUT2D eigenvalue weighted by Gasteiger charge is -2.30. The molecule has 1 saturated heterocycles. The molecule has 0 aliphatic carbocycles. The first-order valence-electron chi connectivity index (χ1n) is 9.67. The average Bonchev–Trinajstić information content (AvgIpc) is 2.45. The second kappa shape index (κ2) is 4.26. The van der Waals surface area contributed by atoms with Gasteiger partial charge in [0, 0.05) is 29.4 Å². The molecule has 1 aliphatic heterocycles. The smallest absolute Gasteiger partial charge is 0.151 e. The van der Waals surface area contributed by atoms with E-state index in [0.717, 1.165) is 6.07 Å². The van der Waals surface area contributed by atoms with E-state index in [-0.39, 0.29) is 9.50 Å². The van der Waals surface area contributed by atoms with E-state index in [1.807, 2.05) is 0 Å². The Balaban J connectivity index is 2.86. The van der Waals surface area contributed by atoms with Crippen molar-refractivity contribution in [2.45, 2.75) is 19.6 Å². The molecule has 3 nitrogen and oxygen atoms in total. The lowest BCUT2D eigenvalue weighted by molar-refractivity contribution is 0.436. The normalized spacial score (nSPS) is 48.8. The van der Waals surface area contributed by atoms with Crippen LogP contribution < -0.4 is 4.90 Å². The number of hydrogen-bond donors (Lipinski definition) is 0.